The van der Waals surface area contributed by atoms with Gasteiger partial charge in [-0.05, 0) is 12.8 Å². The number of amides is 1. The summed E-state index contributed by atoms with van der Waals surface area (Å²) in [6.07, 6.45) is 3.13. The average molecular weight is 156 g/mol. The van der Waals surface area contributed by atoms with Gasteiger partial charge in [-0.25, -0.2) is 0 Å². The van der Waals surface area contributed by atoms with E-state index in [0.717, 1.165) is 6.42 Å². The summed E-state index contributed by atoms with van der Waals surface area (Å²) in [6, 6.07) is 0. The minimum Gasteiger partial charge on any atom is -0.369 e. The minimum atomic E-state index is -0.348. The van der Waals surface area contributed by atoms with Crippen LogP contribution in [0.3, 0.4) is 0 Å². The Balaban J connectivity index is 3.80. The standard InChI is InChI=1S/C8H14NO2/c1-3-7(5-10)4-6(2)8(9)11/h6-7H,3-4H2,1-2H3,(H2,9,11). The van der Waals surface area contributed by atoms with Crippen LogP contribution in [0.15, 0.2) is 0 Å². The first-order valence-electron chi connectivity index (χ1n) is 3.78. The van der Waals surface area contributed by atoms with E-state index in [1.807, 2.05) is 13.2 Å². The second kappa shape index (κ2) is 4.88. The smallest absolute Gasteiger partial charge is 0.220 e. The van der Waals surface area contributed by atoms with Crippen molar-refractivity contribution in [1.29, 1.82) is 0 Å². The van der Waals surface area contributed by atoms with Gasteiger partial charge in [0.15, 0.2) is 0 Å². The predicted molar refractivity (Wildman–Crippen MR) is 42.4 cm³/mol. The fraction of sp³-hybridized carbons (Fsp3) is 0.750. The molecule has 0 aliphatic carbocycles. The van der Waals surface area contributed by atoms with Gasteiger partial charge in [-0.2, -0.15) is 0 Å². The van der Waals surface area contributed by atoms with Gasteiger partial charge in [-0.15, -0.1) is 0 Å². The third kappa shape index (κ3) is 3.75. The SMILES string of the molecule is CCC([C]=O)CC(C)C(N)=O. The van der Waals surface area contributed by atoms with Crippen molar-refractivity contribution in [1.82, 2.24) is 0 Å². The summed E-state index contributed by atoms with van der Waals surface area (Å²) in [6.45, 7) is 3.62. The van der Waals surface area contributed by atoms with Crippen molar-refractivity contribution in [3.05, 3.63) is 0 Å². The minimum absolute atomic E-state index is 0.141. The van der Waals surface area contributed by atoms with Crippen molar-refractivity contribution in [3.8, 4) is 0 Å². The van der Waals surface area contributed by atoms with Crippen molar-refractivity contribution < 1.29 is 9.59 Å². The Labute approximate surface area is 67.0 Å². The third-order valence-corrected chi connectivity index (χ3v) is 1.78. The Bertz CT molecular complexity index is 145. The van der Waals surface area contributed by atoms with Gasteiger partial charge in [0.2, 0.25) is 12.2 Å². The molecule has 1 amide bonds. The Kier molecular flexibility index (Phi) is 4.50. The van der Waals surface area contributed by atoms with E-state index in [9.17, 15) is 9.59 Å². The molecule has 0 fully saturated rings. The molecule has 2 N–H and O–H groups in total. The van der Waals surface area contributed by atoms with Crippen molar-refractivity contribution in [2.45, 2.75) is 26.7 Å². The largest absolute Gasteiger partial charge is 0.369 e. The zero-order valence-electron chi connectivity index (χ0n) is 6.96. The lowest BCUT2D eigenvalue weighted by Crippen LogP contribution is -2.23. The second-order valence-electron chi connectivity index (χ2n) is 2.76. The summed E-state index contributed by atoms with van der Waals surface area (Å²) in [7, 11) is 0. The molecule has 0 aromatic rings. The summed E-state index contributed by atoms with van der Waals surface area (Å²) < 4.78 is 0. The van der Waals surface area contributed by atoms with Crippen molar-refractivity contribution in [2.24, 2.45) is 17.6 Å². The monoisotopic (exact) mass is 156 g/mol. The molecule has 0 rings (SSSR count). The van der Waals surface area contributed by atoms with Crippen molar-refractivity contribution >= 4 is 12.2 Å². The molecule has 2 unspecified atom stereocenters. The van der Waals surface area contributed by atoms with E-state index in [-0.39, 0.29) is 17.7 Å². The number of carbonyl (C=O) groups is 1. The van der Waals surface area contributed by atoms with E-state index in [2.05, 4.69) is 0 Å². The van der Waals surface area contributed by atoms with Crippen LogP contribution < -0.4 is 5.73 Å². The van der Waals surface area contributed by atoms with Crippen LogP contribution in [0, 0.1) is 11.8 Å². The molecule has 0 aliphatic rings. The lowest BCUT2D eigenvalue weighted by molar-refractivity contribution is -0.121. The van der Waals surface area contributed by atoms with Gasteiger partial charge in [0, 0.05) is 11.8 Å². The highest BCUT2D eigenvalue weighted by Crippen LogP contribution is 2.12. The number of primary amides is 1. The van der Waals surface area contributed by atoms with Crippen LogP contribution in [-0.2, 0) is 9.59 Å². The van der Waals surface area contributed by atoms with Crippen molar-refractivity contribution in [2.75, 3.05) is 0 Å². The predicted octanol–water partition coefficient (Wildman–Crippen LogP) is 0.634. The first-order chi connectivity index (χ1) is 5.11. The number of rotatable bonds is 5. The van der Waals surface area contributed by atoms with Crippen LogP contribution >= 0.6 is 0 Å². The fourth-order valence-electron chi connectivity index (χ4n) is 0.841. The molecule has 2 atom stereocenters. The van der Waals surface area contributed by atoms with E-state index in [0.29, 0.717) is 6.42 Å². The fourth-order valence-corrected chi connectivity index (χ4v) is 0.841. The molecule has 0 aliphatic heterocycles. The lowest BCUT2D eigenvalue weighted by Gasteiger charge is -2.09. The number of nitrogens with two attached hydrogens (primary N) is 1. The molecule has 63 valence electrons. The Morgan fingerprint density at radius 2 is 2.18 bits per heavy atom. The van der Waals surface area contributed by atoms with Crippen LogP contribution in [0.5, 0.6) is 0 Å². The van der Waals surface area contributed by atoms with E-state index in [1.54, 1.807) is 6.92 Å². The first kappa shape index (κ1) is 10.1. The summed E-state index contributed by atoms with van der Waals surface area (Å²) >= 11 is 0. The summed E-state index contributed by atoms with van der Waals surface area (Å²) in [5.74, 6) is -0.711. The molecule has 0 aromatic carbocycles. The Morgan fingerprint density at radius 3 is 2.45 bits per heavy atom. The molecule has 0 heterocycles. The maximum atomic E-state index is 10.6. The van der Waals surface area contributed by atoms with Gasteiger partial charge in [0.05, 0.1) is 0 Å². The Hall–Kier alpha value is -0.860. The zero-order valence-corrected chi connectivity index (χ0v) is 6.96. The second-order valence-corrected chi connectivity index (χ2v) is 2.76. The van der Waals surface area contributed by atoms with E-state index in [4.69, 9.17) is 5.73 Å². The van der Waals surface area contributed by atoms with E-state index in [1.165, 1.54) is 0 Å². The maximum Gasteiger partial charge on any atom is 0.220 e. The van der Waals surface area contributed by atoms with Gasteiger partial charge in [0.25, 0.3) is 0 Å². The molecule has 0 saturated heterocycles. The van der Waals surface area contributed by atoms with Gasteiger partial charge in [0.1, 0.15) is 0 Å². The molecule has 1 radical (unpaired) electrons. The molecule has 0 saturated carbocycles. The zero-order chi connectivity index (χ0) is 8.85. The molecular weight excluding hydrogens is 142 g/mol. The molecule has 0 spiro atoms. The van der Waals surface area contributed by atoms with Crippen LogP contribution in [0.25, 0.3) is 0 Å². The first-order valence-corrected chi connectivity index (χ1v) is 3.78. The van der Waals surface area contributed by atoms with Gasteiger partial charge < -0.3 is 5.73 Å². The van der Waals surface area contributed by atoms with Gasteiger partial charge in [-0.3, -0.25) is 9.59 Å². The molecule has 3 heteroatoms. The summed E-state index contributed by atoms with van der Waals surface area (Å²) in [5, 5.41) is 0. The van der Waals surface area contributed by atoms with Crippen LogP contribution in [0.4, 0.5) is 0 Å². The maximum absolute atomic E-state index is 10.6. The topological polar surface area (TPSA) is 60.2 Å². The lowest BCUT2D eigenvalue weighted by atomic mass is 9.95. The highest BCUT2D eigenvalue weighted by Gasteiger charge is 2.14. The number of hydrogen-bond acceptors (Lipinski definition) is 2. The third-order valence-electron chi connectivity index (χ3n) is 1.78. The van der Waals surface area contributed by atoms with Crippen molar-refractivity contribution in [3.63, 3.8) is 0 Å². The highest BCUT2D eigenvalue weighted by molar-refractivity contribution is 5.76. The average Bonchev–Trinajstić information content (AvgIpc) is 1.99. The van der Waals surface area contributed by atoms with Gasteiger partial charge in [-0.1, -0.05) is 13.8 Å². The highest BCUT2D eigenvalue weighted by atomic mass is 16.1. The Morgan fingerprint density at radius 1 is 1.64 bits per heavy atom. The molecule has 3 nitrogen and oxygen atoms in total. The van der Waals surface area contributed by atoms with Gasteiger partial charge >= 0.3 is 0 Å². The molecule has 0 bridgehead atoms. The van der Waals surface area contributed by atoms with E-state index < -0.39 is 0 Å². The number of carbonyl (C=O) groups excluding carboxylic acids is 2. The quantitative estimate of drug-likeness (QED) is 0.634. The normalized spacial score (nSPS) is 15.5. The molecular formula is C8H14NO2. The molecule has 0 aromatic heterocycles. The molecule has 11 heavy (non-hydrogen) atoms. The van der Waals surface area contributed by atoms with E-state index >= 15 is 0 Å². The van der Waals surface area contributed by atoms with Crippen LogP contribution in [0.2, 0.25) is 0 Å². The van der Waals surface area contributed by atoms with Crippen LogP contribution in [0.1, 0.15) is 26.7 Å². The van der Waals surface area contributed by atoms with Crippen LogP contribution in [-0.4, -0.2) is 12.2 Å². The number of hydrogen-bond donors (Lipinski definition) is 1. The summed E-state index contributed by atoms with van der Waals surface area (Å²) in [4.78, 5) is 20.8. The summed E-state index contributed by atoms with van der Waals surface area (Å²) in [5.41, 5.74) is 5.02.